The third-order valence-electron chi connectivity index (χ3n) is 4.38. The second-order valence-corrected chi connectivity index (χ2v) is 7.15. The van der Waals surface area contributed by atoms with Crippen LogP contribution >= 0.6 is 15.9 Å². The van der Waals surface area contributed by atoms with Crippen LogP contribution in [0.2, 0.25) is 0 Å². The molecule has 0 unspecified atom stereocenters. The SMILES string of the molecule is COc1c(Br)cc2c(c(CN(C)C)c(C)n2-c2ccccc2)c1OC. The Bertz CT molecular complexity index is 901. The Balaban J connectivity index is 2.46. The maximum atomic E-state index is 5.77. The minimum Gasteiger partial charge on any atom is -0.492 e. The average molecular weight is 403 g/mol. The van der Waals surface area contributed by atoms with Gasteiger partial charge in [0.05, 0.1) is 29.6 Å². The first-order chi connectivity index (χ1) is 12.0. The second kappa shape index (κ2) is 7.10. The molecule has 4 nitrogen and oxygen atoms in total. The fourth-order valence-electron chi connectivity index (χ4n) is 3.37. The first-order valence-electron chi connectivity index (χ1n) is 8.14. The van der Waals surface area contributed by atoms with Crippen LogP contribution in [0.3, 0.4) is 0 Å². The van der Waals surface area contributed by atoms with Gasteiger partial charge in [0.25, 0.3) is 0 Å². The van der Waals surface area contributed by atoms with Crippen molar-refractivity contribution in [1.29, 1.82) is 0 Å². The van der Waals surface area contributed by atoms with Gasteiger partial charge in [0, 0.05) is 17.9 Å². The maximum Gasteiger partial charge on any atom is 0.175 e. The second-order valence-electron chi connectivity index (χ2n) is 6.29. The fourth-order valence-corrected chi connectivity index (χ4v) is 3.92. The molecule has 0 bridgehead atoms. The van der Waals surface area contributed by atoms with E-state index in [1.165, 1.54) is 11.3 Å². The number of nitrogens with zero attached hydrogens (tertiary/aromatic N) is 2. The molecule has 2 aromatic carbocycles. The number of rotatable bonds is 5. The summed E-state index contributed by atoms with van der Waals surface area (Å²) in [5, 5.41) is 1.10. The summed E-state index contributed by atoms with van der Waals surface area (Å²) in [6.45, 7) is 2.98. The molecule has 0 atom stereocenters. The summed E-state index contributed by atoms with van der Waals surface area (Å²) in [4.78, 5) is 2.17. The Labute approximate surface area is 157 Å². The van der Waals surface area contributed by atoms with Crippen molar-refractivity contribution < 1.29 is 9.47 Å². The molecule has 0 aliphatic carbocycles. The van der Waals surface area contributed by atoms with Gasteiger partial charge in [-0.05, 0) is 60.7 Å². The average Bonchev–Trinajstić information content (AvgIpc) is 2.85. The Hall–Kier alpha value is -1.98. The van der Waals surface area contributed by atoms with Gasteiger partial charge in [-0.15, -0.1) is 0 Å². The minimum atomic E-state index is 0.722. The number of benzene rings is 2. The van der Waals surface area contributed by atoms with Crippen molar-refractivity contribution in [2.45, 2.75) is 13.5 Å². The smallest absolute Gasteiger partial charge is 0.175 e. The molecule has 5 heteroatoms. The van der Waals surface area contributed by atoms with Crippen molar-refractivity contribution in [3.63, 3.8) is 0 Å². The summed E-state index contributed by atoms with van der Waals surface area (Å²) >= 11 is 3.63. The zero-order valence-electron chi connectivity index (χ0n) is 15.3. The molecule has 0 saturated heterocycles. The van der Waals surface area contributed by atoms with Gasteiger partial charge < -0.3 is 18.9 Å². The van der Waals surface area contributed by atoms with E-state index in [9.17, 15) is 0 Å². The first-order valence-corrected chi connectivity index (χ1v) is 8.93. The van der Waals surface area contributed by atoms with E-state index in [1.807, 2.05) is 6.07 Å². The first kappa shape index (κ1) is 17.8. The van der Waals surface area contributed by atoms with E-state index >= 15 is 0 Å². The van der Waals surface area contributed by atoms with Gasteiger partial charge in [-0.3, -0.25) is 0 Å². The van der Waals surface area contributed by atoms with E-state index in [0.717, 1.165) is 39.1 Å². The number of ether oxygens (including phenoxy) is 2. The number of para-hydroxylation sites is 1. The zero-order valence-corrected chi connectivity index (χ0v) is 16.8. The predicted molar refractivity (Wildman–Crippen MR) is 106 cm³/mol. The minimum absolute atomic E-state index is 0.722. The third kappa shape index (κ3) is 3.02. The molecule has 25 heavy (non-hydrogen) atoms. The lowest BCUT2D eigenvalue weighted by atomic mass is 10.1. The van der Waals surface area contributed by atoms with Crippen LogP contribution in [0, 0.1) is 6.92 Å². The van der Waals surface area contributed by atoms with E-state index in [1.54, 1.807) is 14.2 Å². The highest BCUT2D eigenvalue weighted by atomic mass is 79.9. The molecule has 0 N–H and O–H groups in total. The predicted octanol–water partition coefficient (Wildman–Crippen LogP) is 4.78. The van der Waals surface area contributed by atoms with E-state index in [2.05, 4.69) is 76.7 Å². The van der Waals surface area contributed by atoms with Crippen molar-refractivity contribution >= 4 is 26.8 Å². The van der Waals surface area contributed by atoms with Crippen molar-refractivity contribution in [2.24, 2.45) is 0 Å². The lowest BCUT2D eigenvalue weighted by molar-refractivity contribution is 0.356. The van der Waals surface area contributed by atoms with Crippen LogP contribution in [0.15, 0.2) is 40.9 Å². The van der Waals surface area contributed by atoms with Crippen LogP contribution in [0.5, 0.6) is 11.5 Å². The van der Waals surface area contributed by atoms with Crippen LogP contribution in [-0.2, 0) is 6.54 Å². The highest BCUT2D eigenvalue weighted by molar-refractivity contribution is 9.10. The van der Waals surface area contributed by atoms with Crippen LogP contribution in [0.25, 0.3) is 16.6 Å². The molecule has 3 aromatic rings. The van der Waals surface area contributed by atoms with Crippen molar-refractivity contribution in [1.82, 2.24) is 9.47 Å². The maximum absolute atomic E-state index is 5.77. The van der Waals surface area contributed by atoms with Crippen molar-refractivity contribution in [2.75, 3.05) is 28.3 Å². The normalized spacial score (nSPS) is 11.3. The summed E-state index contributed by atoms with van der Waals surface area (Å²) in [5.74, 6) is 1.49. The number of fused-ring (bicyclic) bond motifs is 1. The lowest BCUT2D eigenvalue weighted by Crippen LogP contribution is -2.11. The summed E-state index contributed by atoms with van der Waals surface area (Å²) in [7, 11) is 7.51. The van der Waals surface area contributed by atoms with Gasteiger partial charge >= 0.3 is 0 Å². The van der Waals surface area contributed by atoms with Gasteiger partial charge in [-0.25, -0.2) is 0 Å². The molecular formula is C20H23BrN2O2. The van der Waals surface area contributed by atoms with Gasteiger partial charge in [-0.1, -0.05) is 18.2 Å². The summed E-state index contributed by atoms with van der Waals surface area (Å²) in [5.41, 5.74) is 4.68. The lowest BCUT2D eigenvalue weighted by Gasteiger charge is -2.14. The number of halogens is 1. The van der Waals surface area contributed by atoms with Gasteiger partial charge in [-0.2, -0.15) is 0 Å². The fraction of sp³-hybridized carbons (Fsp3) is 0.300. The standard InChI is InChI=1S/C20H23BrN2O2/c1-13-15(12-22(2)3)18-17(23(13)14-9-7-6-8-10-14)11-16(21)19(24-4)20(18)25-5/h6-11H,12H2,1-5H3. The summed E-state index contributed by atoms with van der Waals surface area (Å²) in [6.07, 6.45) is 0. The largest absolute Gasteiger partial charge is 0.492 e. The summed E-state index contributed by atoms with van der Waals surface area (Å²) < 4.78 is 14.5. The highest BCUT2D eigenvalue weighted by Gasteiger charge is 2.23. The quantitative estimate of drug-likeness (QED) is 0.614. The zero-order chi connectivity index (χ0) is 18.1. The molecule has 0 spiro atoms. The Morgan fingerprint density at radius 1 is 1.04 bits per heavy atom. The number of hydrogen-bond acceptors (Lipinski definition) is 3. The molecule has 132 valence electrons. The van der Waals surface area contributed by atoms with Gasteiger partial charge in [0.1, 0.15) is 0 Å². The van der Waals surface area contributed by atoms with Crippen LogP contribution in [0.1, 0.15) is 11.3 Å². The molecule has 0 saturated carbocycles. The van der Waals surface area contributed by atoms with E-state index in [4.69, 9.17) is 9.47 Å². The highest BCUT2D eigenvalue weighted by Crippen LogP contribution is 2.45. The Kier molecular flexibility index (Phi) is 5.06. The van der Waals surface area contributed by atoms with E-state index in [0.29, 0.717) is 0 Å². The van der Waals surface area contributed by atoms with Crippen LogP contribution < -0.4 is 9.47 Å². The van der Waals surface area contributed by atoms with Crippen LogP contribution in [0.4, 0.5) is 0 Å². The monoisotopic (exact) mass is 402 g/mol. The number of aromatic nitrogens is 1. The third-order valence-corrected chi connectivity index (χ3v) is 4.97. The van der Waals surface area contributed by atoms with Crippen molar-refractivity contribution in [3.05, 3.63) is 52.1 Å². The van der Waals surface area contributed by atoms with Crippen molar-refractivity contribution in [3.8, 4) is 17.2 Å². The van der Waals surface area contributed by atoms with E-state index in [-0.39, 0.29) is 0 Å². The van der Waals surface area contributed by atoms with Gasteiger partial charge in [0.2, 0.25) is 0 Å². The van der Waals surface area contributed by atoms with Crippen LogP contribution in [-0.4, -0.2) is 37.8 Å². The molecule has 3 rings (SSSR count). The molecular weight excluding hydrogens is 380 g/mol. The Morgan fingerprint density at radius 3 is 2.24 bits per heavy atom. The molecule has 0 aliphatic rings. The topological polar surface area (TPSA) is 26.6 Å². The number of methoxy groups -OCH3 is 2. The molecule has 0 amide bonds. The van der Waals surface area contributed by atoms with Gasteiger partial charge in [0.15, 0.2) is 11.5 Å². The summed E-state index contributed by atoms with van der Waals surface area (Å²) in [6, 6.07) is 12.5. The molecule has 1 aromatic heterocycles. The number of hydrogen-bond donors (Lipinski definition) is 0. The molecule has 0 radical (unpaired) electrons. The van der Waals surface area contributed by atoms with E-state index < -0.39 is 0 Å². The molecule has 1 heterocycles. The molecule has 0 fully saturated rings. The molecule has 0 aliphatic heterocycles. The Morgan fingerprint density at radius 2 is 1.68 bits per heavy atom.